The van der Waals surface area contributed by atoms with Gasteiger partial charge in [0.1, 0.15) is 5.54 Å². The summed E-state index contributed by atoms with van der Waals surface area (Å²) in [6, 6.07) is 8.96. The second kappa shape index (κ2) is 8.80. The molecule has 0 unspecified atom stereocenters. The fraction of sp³-hybridized carbons (Fsp3) is 0.526. The second-order valence-electron chi connectivity index (χ2n) is 6.42. The minimum atomic E-state index is -1.27. The first-order valence-corrected chi connectivity index (χ1v) is 8.85. The lowest BCUT2D eigenvalue weighted by atomic mass is 9.84. The van der Waals surface area contributed by atoms with Crippen molar-refractivity contribution in [3.8, 4) is 0 Å². The number of likely N-dealkylation sites (tertiary alicyclic amines) is 1. The van der Waals surface area contributed by atoms with Crippen molar-refractivity contribution in [2.75, 3.05) is 31.6 Å². The largest absolute Gasteiger partial charge is 0.479 e. The molecule has 0 atom stereocenters. The van der Waals surface area contributed by atoms with E-state index in [1.807, 2.05) is 11.0 Å². The molecule has 1 aromatic carbocycles. The van der Waals surface area contributed by atoms with E-state index in [4.69, 9.17) is 0 Å². The summed E-state index contributed by atoms with van der Waals surface area (Å²) in [7, 11) is 1.35. The van der Waals surface area contributed by atoms with E-state index in [1.54, 1.807) is 31.2 Å². The molecule has 1 fully saturated rings. The summed E-state index contributed by atoms with van der Waals surface area (Å²) in [6.45, 7) is 3.27. The lowest BCUT2D eigenvalue weighted by Gasteiger charge is -2.45. The number of carbonyl (C=O) groups excluding carboxylic acids is 2. The van der Waals surface area contributed by atoms with E-state index in [2.05, 4.69) is 4.74 Å². The zero-order valence-corrected chi connectivity index (χ0v) is 15.3. The number of hydrogen-bond acceptors (Lipinski definition) is 5. The van der Waals surface area contributed by atoms with Gasteiger partial charge in [0.2, 0.25) is 5.91 Å². The Bertz CT molecular complexity index is 639. The predicted molar refractivity (Wildman–Crippen MR) is 96.9 cm³/mol. The van der Waals surface area contributed by atoms with Gasteiger partial charge in [-0.1, -0.05) is 25.1 Å². The van der Waals surface area contributed by atoms with Crippen LogP contribution < -0.4 is 4.90 Å². The standard InChI is InChI=1S/C19H26N2O5/c1-3-16(22)21(15-7-5-4-6-8-15)19(18(24)25)10-13-20(14-11-19)12-9-17(23)26-2/h4-8H,3,9-14H2,1-2H3,(H,24,25). The Morgan fingerprint density at radius 1 is 1.19 bits per heavy atom. The fourth-order valence-corrected chi connectivity index (χ4v) is 3.40. The normalized spacial score (nSPS) is 16.7. The molecule has 2 rings (SSSR count). The smallest absolute Gasteiger partial charge is 0.330 e. The molecule has 1 heterocycles. The highest BCUT2D eigenvalue weighted by atomic mass is 16.5. The number of rotatable bonds is 7. The zero-order chi connectivity index (χ0) is 19.2. The first-order chi connectivity index (χ1) is 12.4. The Labute approximate surface area is 153 Å². The summed E-state index contributed by atoms with van der Waals surface area (Å²) in [5.41, 5.74) is -0.666. The molecule has 1 aliphatic heterocycles. The molecule has 0 bridgehead atoms. The van der Waals surface area contributed by atoms with Gasteiger partial charge in [0.15, 0.2) is 0 Å². The van der Waals surface area contributed by atoms with Gasteiger partial charge in [-0.15, -0.1) is 0 Å². The Balaban J connectivity index is 2.22. The number of hydrogen-bond donors (Lipinski definition) is 1. The maximum atomic E-state index is 12.6. The van der Waals surface area contributed by atoms with Crippen LogP contribution in [0.1, 0.15) is 32.6 Å². The van der Waals surface area contributed by atoms with Crippen molar-refractivity contribution < 1.29 is 24.2 Å². The molecule has 0 radical (unpaired) electrons. The van der Waals surface area contributed by atoms with Gasteiger partial charge in [-0.05, 0) is 25.0 Å². The second-order valence-corrected chi connectivity index (χ2v) is 6.42. The average molecular weight is 362 g/mol. The highest BCUT2D eigenvalue weighted by molar-refractivity contribution is 6.01. The monoisotopic (exact) mass is 362 g/mol. The van der Waals surface area contributed by atoms with E-state index < -0.39 is 11.5 Å². The first-order valence-electron chi connectivity index (χ1n) is 8.85. The molecule has 1 saturated heterocycles. The van der Waals surface area contributed by atoms with Crippen molar-refractivity contribution in [2.24, 2.45) is 0 Å². The maximum Gasteiger partial charge on any atom is 0.330 e. The average Bonchev–Trinajstić information content (AvgIpc) is 2.67. The van der Waals surface area contributed by atoms with Crippen LogP contribution in [0, 0.1) is 0 Å². The minimum Gasteiger partial charge on any atom is -0.479 e. The van der Waals surface area contributed by atoms with Crippen LogP contribution in [-0.2, 0) is 19.1 Å². The number of piperidine rings is 1. The third-order valence-corrected chi connectivity index (χ3v) is 4.94. The van der Waals surface area contributed by atoms with E-state index in [-0.39, 0.29) is 24.7 Å². The number of benzene rings is 1. The van der Waals surface area contributed by atoms with Gasteiger partial charge >= 0.3 is 11.9 Å². The number of esters is 1. The van der Waals surface area contributed by atoms with E-state index in [9.17, 15) is 19.5 Å². The van der Waals surface area contributed by atoms with Crippen LogP contribution >= 0.6 is 0 Å². The number of anilines is 1. The minimum absolute atomic E-state index is 0.207. The number of ether oxygens (including phenoxy) is 1. The number of para-hydroxylation sites is 1. The quantitative estimate of drug-likeness (QED) is 0.746. The number of carboxylic acid groups (broad SMARTS) is 1. The Morgan fingerprint density at radius 2 is 1.81 bits per heavy atom. The van der Waals surface area contributed by atoms with Crippen LogP contribution in [0.15, 0.2) is 30.3 Å². The summed E-state index contributed by atoms with van der Waals surface area (Å²) >= 11 is 0. The molecule has 7 heteroatoms. The number of amides is 1. The Kier molecular flexibility index (Phi) is 6.74. The van der Waals surface area contributed by atoms with Gasteiger partial charge in [-0.2, -0.15) is 0 Å². The van der Waals surface area contributed by atoms with Crippen LogP contribution in [0.3, 0.4) is 0 Å². The van der Waals surface area contributed by atoms with Crippen molar-refractivity contribution in [2.45, 2.75) is 38.1 Å². The lowest BCUT2D eigenvalue weighted by molar-refractivity contribution is -0.148. The van der Waals surface area contributed by atoms with Crippen LogP contribution in [0.4, 0.5) is 5.69 Å². The zero-order valence-electron chi connectivity index (χ0n) is 15.3. The molecule has 1 aromatic rings. The van der Waals surface area contributed by atoms with Gasteiger partial charge in [-0.25, -0.2) is 4.79 Å². The van der Waals surface area contributed by atoms with E-state index in [0.29, 0.717) is 38.2 Å². The maximum absolute atomic E-state index is 12.6. The predicted octanol–water partition coefficient (Wildman–Crippen LogP) is 1.91. The molecule has 142 valence electrons. The lowest BCUT2D eigenvalue weighted by Crippen LogP contribution is -2.62. The molecule has 7 nitrogen and oxygen atoms in total. The molecule has 0 spiro atoms. The SMILES string of the molecule is CCC(=O)N(c1ccccc1)C1(C(=O)O)CCN(CCC(=O)OC)CC1. The van der Waals surface area contributed by atoms with Gasteiger partial charge in [0, 0.05) is 31.7 Å². The summed E-state index contributed by atoms with van der Waals surface area (Å²) in [5, 5.41) is 10.0. The van der Waals surface area contributed by atoms with Gasteiger partial charge in [-0.3, -0.25) is 14.5 Å². The fourth-order valence-electron chi connectivity index (χ4n) is 3.40. The van der Waals surface area contributed by atoms with Gasteiger partial charge < -0.3 is 14.7 Å². The van der Waals surface area contributed by atoms with E-state index >= 15 is 0 Å². The molecule has 1 N–H and O–H groups in total. The number of nitrogens with zero attached hydrogens (tertiary/aromatic N) is 2. The third kappa shape index (κ3) is 4.22. The Morgan fingerprint density at radius 3 is 2.31 bits per heavy atom. The van der Waals surface area contributed by atoms with Crippen molar-refractivity contribution >= 4 is 23.5 Å². The molecule has 1 aliphatic rings. The van der Waals surface area contributed by atoms with E-state index in [1.165, 1.54) is 12.0 Å². The summed E-state index contributed by atoms with van der Waals surface area (Å²) in [6.07, 6.45) is 1.12. The van der Waals surface area contributed by atoms with Crippen LogP contribution in [0.5, 0.6) is 0 Å². The van der Waals surface area contributed by atoms with Crippen molar-refractivity contribution in [1.82, 2.24) is 4.90 Å². The first kappa shape index (κ1) is 19.9. The molecule has 0 saturated carbocycles. The third-order valence-electron chi connectivity index (χ3n) is 4.94. The summed E-state index contributed by atoms with van der Waals surface area (Å²) in [5.74, 6) is -1.48. The molecular formula is C19H26N2O5. The summed E-state index contributed by atoms with van der Waals surface area (Å²) < 4.78 is 4.65. The number of aliphatic carboxylic acids is 1. The molecular weight excluding hydrogens is 336 g/mol. The van der Waals surface area contributed by atoms with Crippen molar-refractivity contribution in [3.05, 3.63) is 30.3 Å². The topological polar surface area (TPSA) is 87.2 Å². The van der Waals surface area contributed by atoms with Crippen LogP contribution in [0.25, 0.3) is 0 Å². The highest BCUT2D eigenvalue weighted by Crippen LogP contribution is 2.34. The van der Waals surface area contributed by atoms with Gasteiger partial charge in [0.25, 0.3) is 0 Å². The number of carbonyl (C=O) groups is 3. The van der Waals surface area contributed by atoms with Crippen molar-refractivity contribution in [1.29, 1.82) is 0 Å². The highest BCUT2D eigenvalue weighted by Gasteiger charge is 2.48. The summed E-state index contributed by atoms with van der Waals surface area (Å²) in [4.78, 5) is 39.7. The number of carboxylic acids is 1. The van der Waals surface area contributed by atoms with E-state index in [0.717, 1.165) is 0 Å². The van der Waals surface area contributed by atoms with Crippen molar-refractivity contribution in [3.63, 3.8) is 0 Å². The molecule has 0 aliphatic carbocycles. The molecule has 1 amide bonds. The molecule has 0 aromatic heterocycles. The van der Waals surface area contributed by atoms with Gasteiger partial charge in [0.05, 0.1) is 13.5 Å². The number of methoxy groups -OCH3 is 1. The van der Waals surface area contributed by atoms with Crippen LogP contribution in [0.2, 0.25) is 0 Å². The van der Waals surface area contributed by atoms with Crippen LogP contribution in [-0.4, -0.2) is 60.1 Å². The Hall–Kier alpha value is -2.41. The molecule has 26 heavy (non-hydrogen) atoms.